The molecule has 0 radical (unpaired) electrons. The molecule has 0 aliphatic heterocycles. The lowest BCUT2D eigenvalue weighted by atomic mass is 9.95. The monoisotopic (exact) mass is 434 g/mol. The van der Waals surface area contributed by atoms with E-state index >= 15 is 0 Å². The smallest absolute Gasteiger partial charge is 0.366 e. The molecule has 0 atom stereocenters. The van der Waals surface area contributed by atoms with Crippen LogP contribution in [0.2, 0.25) is 19.6 Å². The van der Waals surface area contributed by atoms with Crippen LogP contribution >= 0.6 is 0 Å². The maximum Gasteiger partial charge on any atom is 0.416 e. The summed E-state index contributed by atoms with van der Waals surface area (Å²) >= 11 is 0. The molecular formula is C24H33F3N2Si. The zero-order valence-corrected chi connectivity index (χ0v) is 20.1. The SMILES string of the molecule is CCN(C)/C=N\c1cc(C)c(Cc2ccc(C(F)(F)F)c(C[Si](C)(C)C)c2)cc1C. The van der Waals surface area contributed by atoms with Gasteiger partial charge in [0.25, 0.3) is 0 Å². The van der Waals surface area contributed by atoms with Gasteiger partial charge in [0, 0.05) is 21.7 Å². The Bertz CT molecular complexity index is 912. The van der Waals surface area contributed by atoms with E-state index in [1.165, 1.54) is 6.07 Å². The third kappa shape index (κ3) is 6.72. The number of rotatable bonds is 7. The number of alkyl halides is 3. The standard InChI is InChI=1S/C24H33F3N2Si/c1-8-29(4)16-28-23-12-17(2)20(11-18(23)3)13-19-9-10-22(24(25,26)27)21(14-19)15-30(5,6)7/h9-12,14,16H,8,13,15H2,1-7H3/b28-16-. The minimum Gasteiger partial charge on any atom is -0.366 e. The Labute approximate surface area is 179 Å². The van der Waals surface area contributed by atoms with Crippen molar-refractivity contribution in [3.8, 4) is 0 Å². The van der Waals surface area contributed by atoms with Gasteiger partial charge in [-0.1, -0.05) is 37.8 Å². The van der Waals surface area contributed by atoms with E-state index in [2.05, 4.69) is 43.7 Å². The molecule has 0 heterocycles. The van der Waals surface area contributed by atoms with E-state index < -0.39 is 19.8 Å². The lowest BCUT2D eigenvalue weighted by Gasteiger charge is -2.21. The maximum absolute atomic E-state index is 13.5. The second kappa shape index (κ2) is 9.37. The van der Waals surface area contributed by atoms with Crippen LogP contribution in [-0.2, 0) is 18.6 Å². The van der Waals surface area contributed by atoms with Gasteiger partial charge < -0.3 is 4.90 Å². The van der Waals surface area contributed by atoms with Gasteiger partial charge in [-0.2, -0.15) is 13.2 Å². The van der Waals surface area contributed by atoms with Crippen LogP contribution in [-0.4, -0.2) is 32.9 Å². The molecule has 0 amide bonds. The largest absolute Gasteiger partial charge is 0.416 e. The minimum atomic E-state index is -4.31. The van der Waals surface area contributed by atoms with Crippen molar-refractivity contribution in [2.75, 3.05) is 13.6 Å². The van der Waals surface area contributed by atoms with Crippen molar-refractivity contribution < 1.29 is 13.2 Å². The molecule has 0 aliphatic carbocycles. The van der Waals surface area contributed by atoms with Crippen molar-refractivity contribution in [1.29, 1.82) is 0 Å². The summed E-state index contributed by atoms with van der Waals surface area (Å²) in [6, 6.07) is 9.31. The Balaban J connectivity index is 2.37. The number of halogens is 3. The van der Waals surface area contributed by atoms with E-state index in [9.17, 15) is 13.2 Å². The normalized spacial score (nSPS) is 12.6. The van der Waals surface area contributed by atoms with Gasteiger partial charge in [-0.25, -0.2) is 4.99 Å². The topological polar surface area (TPSA) is 15.6 Å². The molecule has 0 aromatic heterocycles. The van der Waals surface area contributed by atoms with E-state index in [0.717, 1.165) is 34.5 Å². The predicted octanol–water partition coefficient (Wildman–Crippen LogP) is 6.94. The lowest BCUT2D eigenvalue weighted by molar-refractivity contribution is -0.138. The van der Waals surface area contributed by atoms with Crippen LogP contribution in [0.1, 0.15) is 40.3 Å². The first-order valence-electron chi connectivity index (χ1n) is 10.3. The van der Waals surface area contributed by atoms with Crippen molar-refractivity contribution in [3.05, 3.63) is 63.7 Å². The fourth-order valence-corrected chi connectivity index (χ4v) is 4.84. The van der Waals surface area contributed by atoms with E-state index in [1.807, 2.05) is 32.1 Å². The average Bonchev–Trinajstić information content (AvgIpc) is 2.60. The van der Waals surface area contributed by atoms with Crippen LogP contribution in [0.25, 0.3) is 0 Å². The van der Waals surface area contributed by atoms with E-state index in [4.69, 9.17) is 0 Å². The first kappa shape index (κ1) is 24.2. The Morgan fingerprint density at radius 2 is 1.67 bits per heavy atom. The molecule has 30 heavy (non-hydrogen) atoms. The second-order valence-corrected chi connectivity index (χ2v) is 14.8. The Hall–Kier alpha value is -2.08. The zero-order chi connectivity index (χ0) is 22.7. The number of nitrogens with zero attached hydrogens (tertiary/aromatic N) is 2. The molecule has 164 valence electrons. The second-order valence-electron chi connectivity index (χ2n) is 9.29. The lowest BCUT2D eigenvalue weighted by Crippen LogP contribution is -2.26. The van der Waals surface area contributed by atoms with Crippen LogP contribution in [0.15, 0.2) is 35.3 Å². The average molecular weight is 435 g/mol. The molecule has 2 aromatic carbocycles. The number of benzene rings is 2. The summed E-state index contributed by atoms with van der Waals surface area (Å²) in [7, 11) is 0.283. The van der Waals surface area contributed by atoms with Gasteiger partial charge in [-0.05, 0) is 73.2 Å². The third-order valence-electron chi connectivity index (χ3n) is 5.14. The molecule has 0 spiro atoms. The molecule has 0 saturated heterocycles. The van der Waals surface area contributed by atoms with Gasteiger partial charge in [0.1, 0.15) is 0 Å². The summed E-state index contributed by atoms with van der Waals surface area (Å²) < 4.78 is 40.5. The van der Waals surface area contributed by atoms with Crippen molar-refractivity contribution >= 4 is 20.1 Å². The maximum atomic E-state index is 13.5. The number of hydrogen-bond acceptors (Lipinski definition) is 1. The molecule has 0 aliphatic rings. The van der Waals surface area contributed by atoms with Gasteiger partial charge in [0.2, 0.25) is 0 Å². The van der Waals surface area contributed by atoms with Gasteiger partial charge in [0.15, 0.2) is 0 Å². The van der Waals surface area contributed by atoms with Crippen LogP contribution in [0.3, 0.4) is 0 Å². The fourth-order valence-electron chi connectivity index (χ4n) is 3.40. The summed E-state index contributed by atoms with van der Waals surface area (Å²) in [5.41, 5.74) is 5.05. The third-order valence-corrected chi connectivity index (χ3v) is 6.58. The first-order valence-corrected chi connectivity index (χ1v) is 14.0. The Kier molecular flexibility index (Phi) is 7.56. The molecule has 0 fully saturated rings. The van der Waals surface area contributed by atoms with Crippen molar-refractivity contribution in [3.63, 3.8) is 0 Å². The van der Waals surface area contributed by atoms with Crippen LogP contribution in [0, 0.1) is 13.8 Å². The van der Waals surface area contributed by atoms with Crippen LogP contribution < -0.4 is 0 Å². The quantitative estimate of drug-likeness (QED) is 0.262. The van der Waals surface area contributed by atoms with Gasteiger partial charge in [-0.15, -0.1) is 0 Å². The number of aryl methyl sites for hydroxylation is 2. The summed E-state index contributed by atoms with van der Waals surface area (Å²) in [4.78, 5) is 6.56. The highest BCUT2D eigenvalue weighted by Gasteiger charge is 2.34. The van der Waals surface area contributed by atoms with Crippen LogP contribution in [0.5, 0.6) is 0 Å². The predicted molar refractivity (Wildman–Crippen MR) is 124 cm³/mol. The summed E-state index contributed by atoms with van der Waals surface area (Å²) in [6.07, 6.45) is -1.88. The summed E-state index contributed by atoms with van der Waals surface area (Å²) in [5, 5.41) is 0. The highest BCUT2D eigenvalue weighted by atomic mass is 28.3. The molecule has 2 nitrogen and oxygen atoms in total. The van der Waals surface area contributed by atoms with Crippen molar-refractivity contribution in [2.45, 2.75) is 59.1 Å². The minimum absolute atomic E-state index is 0.428. The summed E-state index contributed by atoms with van der Waals surface area (Å²) in [5.74, 6) is 0. The van der Waals surface area contributed by atoms with Crippen LogP contribution in [0.4, 0.5) is 18.9 Å². The number of aliphatic imine (C=N–C) groups is 1. The highest BCUT2D eigenvalue weighted by Crippen LogP contribution is 2.34. The summed E-state index contributed by atoms with van der Waals surface area (Å²) in [6.45, 7) is 13.3. The van der Waals surface area contributed by atoms with E-state index in [-0.39, 0.29) is 0 Å². The van der Waals surface area contributed by atoms with Crippen molar-refractivity contribution in [2.24, 2.45) is 4.99 Å². The van der Waals surface area contributed by atoms with Gasteiger partial charge >= 0.3 is 6.18 Å². The number of hydrogen-bond donors (Lipinski definition) is 0. The Morgan fingerprint density at radius 3 is 2.23 bits per heavy atom. The molecule has 2 aromatic rings. The fraction of sp³-hybridized carbons (Fsp3) is 0.458. The molecular weight excluding hydrogens is 401 g/mol. The van der Waals surface area contributed by atoms with E-state index in [0.29, 0.717) is 18.0 Å². The zero-order valence-electron chi connectivity index (χ0n) is 19.1. The first-order chi connectivity index (χ1) is 13.8. The van der Waals surface area contributed by atoms with Gasteiger partial charge in [-0.3, -0.25) is 0 Å². The highest BCUT2D eigenvalue weighted by molar-refractivity contribution is 6.75. The molecule has 0 N–H and O–H groups in total. The molecule has 6 heteroatoms. The Morgan fingerprint density at radius 1 is 1.00 bits per heavy atom. The van der Waals surface area contributed by atoms with E-state index in [1.54, 1.807) is 12.1 Å². The van der Waals surface area contributed by atoms with Gasteiger partial charge in [0.05, 0.1) is 17.6 Å². The molecule has 0 bridgehead atoms. The van der Waals surface area contributed by atoms with Crippen molar-refractivity contribution in [1.82, 2.24) is 4.90 Å². The molecule has 0 unspecified atom stereocenters. The molecule has 2 rings (SSSR count). The molecule has 0 saturated carbocycles.